The number of carbonyl (C=O) groups excluding carboxylic acids is 3. The van der Waals surface area contributed by atoms with Crippen LogP contribution in [0.1, 0.15) is 10.4 Å². The van der Waals surface area contributed by atoms with Crippen LogP contribution in [0.2, 0.25) is 0 Å². The van der Waals surface area contributed by atoms with Gasteiger partial charge in [0.25, 0.3) is 0 Å². The predicted molar refractivity (Wildman–Crippen MR) is 110 cm³/mol. The first-order chi connectivity index (χ1) is 14.5. The van der Waals surface area contributed by atoms with Crippen LogP contribution in [0.15, 0.2) is 71.3 Å². The maximum atomic E-state index is 13.0. The molecule has 8 nitrogen and oxygen atoms in total. The molecule has 0 saturated heterocycles. The summed E-state index contributed by atoms with van der Waals surface area (Å²) in [6, 6.07) is 13.9. The molecule has 0 radical (unpaired) electrons. The van der Waals surface area contributed by atoms with Crippen LogP contribution in [0, 0.1) is 0 Å². The lowest BCUT2D eigenvalue weighted by Crippen LogP contribution is -2.46. The number of benzene rings is 2. The molecule has 0 aliphatic carbocycles. The minimum Gasteiger partial charge on any atom is -0.497 e. The second-order valence-corrected chi connectivity index (χ2v) is 6.24. The fourth-order valence-corrected chi connectivity index (χ4v) is 2.98. The van der Waals surface area contributed by atoms with Gasteiger partial charge in [0.1, 0.15) is 11.5 Å². The summed E-state index contributed by atoms with van der Waals surface area (Å²) >= 11 is 0. The van der Waals surface area contributed by atoms with Crippen molar-refractivity contribution in [3.8, 4) is 5.75 Å². The molecule has 0 saturated carbocycles. The number of anilines is 1. The standard InChI is InChI=1S/C22H20N2O6/c1-28-16-11-9-15(10-12-16)24-19(22(27)30-3)17(21(26)29-2)13-18(23-24)20(25)14-7-5-4-6-8-14/h4-13,19H,1-3H3. The zero-order chi connectivity index (χ0) is 21.7. The SMILES string of the molecule is COC(=O)C1=CC(C(=O)c2ccccc2)=NN(c2ccc(OC)cc2)C1C(=O)OC. The van der Waals surface area contributed by atoms with Crippen LogP contribution in [0.3, 0.4) is 0 Å². The van der Waals surface area contributed by atoms with E-state index in [1.165, 1.54) is 32.4 Å². The van der Waals surface area contributed by atoms with Gasteiger partial charge in [0.15, 0.2) is 6.04 Å². The van der Waals surface area contributed by atoms with Gasteiger partial charge in [-0.25, -0.2) is 14.6 Å². The molecule has 0 fully saturated rings. The summed E-state index contributed by atoms with van der Waals surface area (Å²) in [5.74, 6) is -1.30. The van der Waals surface area contributed by atoms with E-state index in [-0.39, 0.29) is 11.3 Å². The van der Waals surface area contributed by atoms with Gasteiger partial charge in [-0.15, -0.1) is 0 Å². The van der Waals surface area contributed by atoms with Gasteiger partial charge in [-0.3, -0.25) is 4.79 Å². The number of rotatable bonds is 6. The zero-order valence-corrected chi connectivity index (χ0v) is 16.7. The van der Waals surface area contributed by atoms with Crippen molar-refractivity contribution in [3.63, 3.8) is 0 Å². The smallest absolute Gasteiger partial charge is 0.336 e. The summed E-state index contributed by atoms with van der Waals surface area (Å²) in [6.45, 7) is 0. The summed E-state index contributed by atoms with van der Waals surface area (Å²) in [4.78, 5) is 38.0. The molecule has 1 aliphatic rings. The molecular weight excluding hydrogens is 388 g/mol. The van der Waals surface area contributed by atoms with E-state index >= 15 is 0 Å². The second-order valence-electron chi connectivity index (χ2n) is 6.24. The van der Waals surface area contributed by atoms with Gasteiger partial charge < -0.3 is 14.2 Å². The number of hydrogen-bond acceptors (Lipinski definition) is 8. The maximum absolute atomic E-state index is 13.0. The van der Waals surface area contributed by atoms with E-state index in [4.69, 9.17) is 14.2 Å². The summed E-state index contributed by atoms with van der Waals surface area (Å²) in [5.41, 5.74) is 0.772. The number of methoxy groups -OCH3 is 3. The summed E-state index contributed by atoms with van der Waals surface area (Å²) < 4.78 is 14.9. The monoisotopic (exact) mass is 408 g/mol. The highest BCUT2D eigenvalue weighted by atomic mass is 16.5. The Bertz CT molecular complexity index is 1010. The Morgan fingerprint density at radius 2 is 1.57 bits per heavy atom. The fourth-order valence-electron chi connectivity index (χ4n) is 2.98. The van der Waals surface area contributed by atoms with E-state index in [9.17, 15) is 14.4 Å². The van der Waals surface area contributed by atoms with Gasteiger partial charge >= 0.3 is 11.9 Å². The average molecular weight is 408 g/mol. The van der Waals surface area contributed by atoms with E-state index < -0.39 is 23.8 Å². The van der Waals surface area contributed by atoms with Gasteiger partial charge in [0.05, 0.1) is 32.6 Å². The van der Waals surface area contributed by atoms with Crippen LogP contribution in [-0.4, -0.2) is 50.8 Å². The molecule has 1 unspecified atom stereocenters. The van der Waals surface area contributed by atoms with Crippen molar-refractivity contribution in [1.82, 2.24) is 0 Å². The molecule has 1 atom stereocenters. The highest BCUT2D eigenvalue weighted by molar-refractivity contribution is 6.50. The Kier molecular flexibility index (Phi) is 6.26. The molecule has 30 heavy (non-hydrogen) atoms. The topological polar surface area (TPSA) is 94.5 Å². The Morgan fingerprint density at radius 1 is 0.900 bits per heavy atom. The molecule has 0 aromatic heterocycles. The third-order valence-electron chi connectivity index (χ3n) is 4.50. The number of ketones is 1. The van der Waals surface area contributed by atoms with E-state index in [1.54, 1.807) is 54.6 Å². The van der Waals surface area contributed by atoms with Crippen molar-refractivity contribution in [3.05, 3.63) is 71.8 Å². The predicted octanol–water partition coefficient (Wildman–Crippen LogP) is 2.40. The van der Waals surface area contributed by atoms with Crippen LogP contribution in [-0.2, 0) is 19.1 Å². The summed E-state index contributed by atoms with van der Waals surface area (Å²) in [7, 11) is 3.93. The number of Topliss-reactive ketones (excluding diaryl/α,β-unsaturated/α-hetero) is 1. The summed E-state index contributed by atoms with van der Waals surface area (Å²) in [5, 5.41) is 5.65. The van der Waals surface area contributed by atoms with Gasteiger partial charge in [-0.1, -0.05) is 30.3 Å². The molecule has 0 amide bonds. The number of allylic oxidation sites excluding steroid dienone is 1. The van der Waals surface area contributed by atoms with E-state index in [1.807, 2.05) is 0 Å². The van der Waals surface area contributed by atoms with Gasteiger partial charge in [0.2, 0.25) is 5.78 Å². The molecule has 8 heteroatoms. The first-order valence-electron chi connectivity index (χ1n) is 8.99. The fraction of sp³-hybridized carbons (Fsp3) is 0.182. The lowest BCUT2D eigenvalue weighted by atomic mass is 9.98. The molecule has 1 heterocycles. The van der Waals surface area contributed by atoms with Crippen LogP contribution < -0.4 is 9.75 Å². The number of esters is 2. The number of ether oxygens (including phenoxy) is 3. The van der Waals surface area contributed by atoms with Crippen molar-refractivity contribution >= 4 is 29.1 Å². The first kappa shape index (κ1) is 20.8. The van der Waals surface area contributed by atoms with Crippen LogP contribution >= 0.6 is 0 Å². The Balaban J connectivity index is 2.14. The minimum absolute atomic E-state index is 0.0161. The molecule has 0 spiro atoms. The first-order valence-corrected chi connectivity index (χ1v) is 8.99. The highest BCUT2D eigenvalue weighted by Gasteiger charge is 2.39. The van der Waals surface area contributed by atoms with Crippen molar-refractivity contribution in [2.45, 2.75) is 6.04 Å². The molecule has 0 N–H and O–H groups in total. The van der Waals surface area contributed by atoms with E-state index in [0.29, 0.717) is 17.0 Å². The quantitative estimate of drug-likeness (QED) is 0.535. The van der Waals surface area contributed by atoms with Gasteiger partial charge in [-0.2, -0.15) is 5.10 Å². The second kappa shape index (κ2) is 9.04. The lowest BCUT2D eigenvalue weighted by molar-refractivity contribution is -0.144. The number of nitrogens with zero attached hydrogens (tertiary/aromatic N) is 2. The largest absolute Gasteiger partial charge is 0.497 e. The van der Waals surface area contributed by atoms with E-state index in [2.05, 4.69) is 5.10 Å². The number of hydrazone groups is 1. The number of hydrogen-bond donors (Lipinski definition) is 0. The molecule has 154 valence electrons. The van der Waals surface area contributed by atoms with Gasteiger partial charge in [0, 0.05) is 5.56 Å². The summed E-state index contributed by atoms with van der Waals surface area (Å²) in [6.07, 6.45) is 1.27. The van der Waals surface area contributed by atoms with Crippen LogP contribution in [0.5, 0.6) is 5.75 Å². The molecule has 3 rings (SSSR count). The Morgan fingerprint density at radius 3 is 2.13 bits per heavy atom. The normalized spacial score (nSPS) is 15.6. The molecule has 1 aliphatic heterocycles. The Labute approximate surface area is 173 Å². The third kappa shape index (κ3) is 4.07. The molecular formula is C22H20N2O6. The van der Waals surface area contributed by atoms with Crippen molar-refractivity contribution in [1.29, 1.82) is 0 Å². The number of carbonyl (C=O) groups is 3. The average Bonchev–Trinajstić information content (AvgIpc) is 2.82. The molecule has 0 bridgehead atoms. The zero-order valence-electron chi connectivity index (χ0n) is 16.7. The van der Waals surface area contributed by atoms with Crippen LogP contribution in [0.25, 0.3) is 0 Å². The maximum Gasteiger partial charge on any atom is 0.336 e. The lowest BCUT2D eigenvalue weighted by Gasteiger charge is -2.31. The Hall–Kier alpha value is -3.94. The van der Waals surface area contributed by atoms with Crippen molar-refractivity contribution in [2.75, 3.05) is 26.3 Å². The highest BCUT2D eigenvalue weighted by Crippen LogP contribution is 2.29. The van der Waals surface area contributed by atoms with Gasteiger partial charge in [-0.05, 0) is 30.3 Å². The van der Waals surface area contributed by atoms with Crippen molar-refractivity contribution < 1.29 is 28.6 Å². The van der Waals surface area contributed by atoms with E-state index in [0.717, 1.165) is 0 Å². The third-order valence-corrected chi connectivity index (χ3v) is 4.50. The molecule has 2 aromatic carbocycles. The van der Waals surface area contributed by atoms with Crippen LogP contribution in [0.4, 0.5) is 5.69 Å². The molecule has 2 aromatic rings. The van der Waals surface area contributed by atoms with Crippen molar-refractivity contribution in [2.24, 2.45) is 5.10 Å². The minimum atomic E-state index is -1.22.